The standard InChI is InChI=1S/C21H19NO4/c23-18-13-19(21(24)22-12-11-16-7-3-1-4-8-16)26-15-20(18)25-14-17-9-5-2-6-10-17/h1-10,13,15H,11-12,14H2,(H,22,24). The zero-order chi connectivity index (χ0) is 18.2. The maximum Gasteiger partial charge on any atom is 0.287 e. The van der Waals surface area contributed by atoms with Gasteiger partial charge in [-0.1, -0.05) is 60.7 Å². The van der Waals surface area contributed by atoms with Crippen LogP contribution in [0.1, 0.15) is 21.7 Å². The molecule has 0 saturated carbocycles. The van der Waals surface area contributed by atoms with E-state index in [0.717, 1.165) is 17.2 Å². The van der Waals surface area contributed by atoms with Crippen LogP contribution in [0.2, 0.25) is 0 Å². The van der Waals surface area contributed by atoms with Crippen molar-refractivity contribution in [2.45, 2.75) is 13.0 Å². The number of benzene rings is 2. The Balaban J connectivity index is 1.54. The molecule has 0 unspecified atom stereocenters. The van der Waals surface area contributed by atoms with Crippen molar-refractivity contribution in [3.8, 4) is 5.75 Å². The predicted octanol–water partition coefficient (Wildman–Crippen LogP) is 3.19. The van der Waals surface area contributed by atoms with Crippen LogP contribution in [-0.2, 0) is 13.0 Å². The quantitative estimate of drug-likeness (QED) is 0.711. The molecule has 1 aromatic heterocycles. The van der Waals surface area contributed by atoms with Gasteiger partial charge in [0, 0.05) is 12.6 Å². The second-order valence-electron chi connectivity index (χ2n) is 5.74. The van der Waals surface area contributed by atoms with Crippen molar-refractivity contribution in [2.75, 3.05) is 6.54 Å². The lowest BCUT2D eigenvalue weighted by atomic mass is 10.1. The SMILES string of the molecule is O=C(NCCc1ccccc1)c1cc(=O)c(OCc2ccccc2)co1. The summed E-state index contributed by atoms with van der Waals surface area (Å²) in [6.45, 7) is 0.715. The molecule has 5 nitrogen and oxygen atoms in total. The van der Waals surface area contributed by atoms with Crippen molar-refractivity contribution in [3.05, 3.63) is 100 Å². The van der Waals surface area contributed by atoms with Gasteiger partial charge in [0.25, 0.3) is 5.91 Å². The summed E-state index contributed by atoms with van der Waals surface area (Å²) >= 11 is 0. The van der Waals surface area contributed by atoms with E-state index in [0.29, 0.717) is 13.0 Å². The summed E-state index contributed by atoms with van der Waals surface area (Å²) in [6, 6.07) is 20.5. The molecule has 0 fully saturated rings. The first-order valence-corrected chi connectivity index (χ1v) is 8.34. The van der Waals surface area contributed by atoms with Gasteiger partial charge in [0.1, 0.15) is 12.9 Å². The van der Waals surface area contributed by atoms with Crippen molar-refractivity contribution < 1.29 is 13.9 Å². The van der Waals surface area contributed by atoms with Gasteiger partial charge in [-0.15, -0.1) is 0 Å². The summed E-state index contributed by atoms with van der Waals surface area (Å²) in [7, 11) is 0. The second kappa shape index (κ2) is 8.67. The Labute approximate surface area is 151 Å². The summed E-state index contributed by atoms with van der Waals surface area (Å²) in [5, 5.41) is 2.74. The Morgan fingerprint density at radius 1 is 0.962 bits per heavy atom. The van der Waals surface area contributed by atoms with Crippen LogP contribution in [0.25, 0.3) is 0 Å². The molecule has 0 bridgehead atoms. The Morgan fingerprint density at radius 2 is 1.62 bits per heavy atom. The number of hydrogen-bond donors (Lipinski definition) is 1. The first-order valence-electron chi connectivity index (χ1n) is 8.34. The van der Waals surface area contributed by atoms with E-state index in [2.05, 4.69) is 5.32 Å². The molecule has 132 valence electrons. The van der Waals surface area contributed by atoms with E-state index in [-0.39, 0.29) is 23.5 Å². The van der Waals surface area contributed by atoms with Gasteiger partial charge in [-0.2, -0.15) is 0 Å². The van der Waals surface area contributed by atoms with Gasteiger partial charge in [0.2, 0.25) is 11.2 Å². The maximum atomic E-state index is 12.1. The van der Waals surface area contributed by atoms with Crippen molar-refractivity contribution in [3.63, 3.8) is 0 Å². The largest absolute Gasteiger partial charge is 0.482 e. The molecule has 2 aromatic carbocycles. The summed E-state index contributed by atoms with van der Waals surface area (Å²) in [4.78, 5) is 24.2. The molecule has 26 heavy (non-hydrogen) atoms. The minimum Gasteiger partial charge on any atom is -0.482 e. The zero-order valence-electron chi connectivity index (χ0n) is 14.2. The maximum absolute atomic E-state index is 12.1. The molecule has 0 aliphatic heterocycles. The van der Waals surface area contributed by atoms with Gasteiger partial charge in [-0.05, 0) is 17.5 Å². The average Bonchev–Trinajstić information content (AvgIpc) is 2.68. The van der Waals surface area contributed by atoms with Crippen LogP contribution in [0.3, 0.4) is 0 Å². The van der Waals surface area contributed by atoms with Crippen molar-refractivity contribution in [1.82, 2.24) is 5.32 Å². The van der Waals surface area contributed by atoms with E-state index in [1.54, 1.807) is 0 Å². The van der Waals surface area contributed by atoms with Crippen LogP contribution >= 0.6 is 0 Å². The molecule has 3 aromatic rings. The molecule has 1 N–H and O–H groups in total. The average molecular weight is 349 g/mol. The van der Waals surface area contributed by atoms with Crippen molar-refractivity contribution in [1.29, 1.82) is 0 Å². The Hall–Kier alpha value is -3.34. The molecule has 0 saturated heterocycles. The van der Waals surface area contributed by atoms with Crippen LogP contribution in [0.4, 0.5) is 0 Å². The van der Waals surface area contributed by atoms with Gasteiger partial charge in [0.15, 0.2) is 5.76 Å². The van der Waals surface area contributed by atoms with E-state index in [1.807, 2.05) is 60.7 Å². The molecule has 1 amide bonds. The molecule has 1 heterocycles. The highest BCUT2D eigenvalue weighted by molar-refractivity contribution is 5.91. The van der Waals surface area contributed by atoms with Gasteiger partial charge < -0.3 is 14.5 Å². The van der Waals surface area contributed by atoms with Gasteiger partial charge in [-0.3, -0.25) is 9.59 Å². The minimum absolute atomic E-state index is 0.0323. The monoisotopic (exact) mass is 349 g/mol. The zero-order valence-corrected chi connectivity index (χ0v) is 14.2. The smallest absolute Gasteiger partial charge is 0.287 e. The highest BCUT2D eigenvalue weighted by Crippen LogP contribution is 2.09. The van der Waals surface area contributed by atoms with Crippen molar-refractivity contribution >= 4 is 5.91 Å². The summed E-state index contributed by atoms with van der Waals surface area (Å²) in [6.07, 6.45) is 1.88. The molecular formula is C21H19NO4. The number of carbonyl (C=O) groups is 1. The minimum atomic E-state index is -0.423. The normalized spacial score (nSPS) is 10.3. The number of ether oxygens (including phenoxy) is 1. The third kappa shape index (κ3) is 4.83. The molecule has 0 atom stereocenters. The molecular weight excluding hydrogens is 330 g/mol. The van der Waals surface area contributed by atoms with Crippen molar-refractivity contribution in [2.24, 2.45) is 0 Å². The first kappa shape index (κ1) is 17.5. The van der Waals surface area contributed by atoms with Crippen LogP contribution in [-0.4, -0.2) is 12.5 Å². The van der Waals surface area contributed by atoms with Gasteiger partial charge >= 0.3 is 0 Å². The van der Waals surface area contributed by atoms with Crippen LogP contribution in [0.15, 0.2) is 82.2 Å². The Kier molecular flexibility index (Phi) is 5.83. The summed E-state index contributed by atoms with van der Waals surface area (Å²) in [5.74, 6) is -0.377. The highest BCUT2D eigenvalue weighted by Gasteiger charge is 2.11. The highest BCUT2D eigenvalue weighted by atomic mass is 16.5. The fraction of sp³-hybridized carbons (Fsp3) is 0.143. The molecule has 0 aliphatic carbocycles. The molecule has 5 heteroatoms. The third-order valence-corrected chi connectivity index (χ3v) is 3.80. The van der Waals surface area contributed by atoms with E-state index >= 15 is 0 Å². The lowest BCUT2D eigenvalue weighted by Crippen LogP contribution is -2.26. The predicted molar refractivity (Wildman–Crippen MR) is 98.2 cm³/mol. The molecule has 0 spiro atoms. The van der Waals surface area contributed by atoms with Crippen LogP contribution in [0, 0.1) is 0 Å². The number of nitrogens with one attached hydrogen (secondary N) is 1. The van der Waals surface area contributed by atoms with Crippen LogP contribution < -0.4 is 15.5 Å². The van der Waals surface area contributed by atoms with E-state index in [4.69, 9.17) is 9.15 Å². The van der Waals surface area contributed by atoms with E-state index in [1.165, 1.54) is 6.26 Å². The summed E-state index contributed by atoms with van der Waals surface area (Å²) < 4.78 is 10.7. The lowest BCUT2D eigenvalue weighted by molar-refractivity contribution is 0.0923. The van der Waals surface area contributed by atoms with Gasteiger partial charge in [-0.25, -0.2) is 0 Å². The topological polar surface area (TPSA) is 68.5 Å². The molecule has 0 aliphatic rings. The Bertz CT molecular complexity index is 904. The fourth-order valence-corrected chi connectivity index (χ4v) is 2.41. The molecule has 0 radical (unpaired) electrons. The van der Waals surface area contributed by atoms with Gasteiger partial charge in [0.05, 0.1) is 0 Å². The van der Waals surface area contributed by atoms with Crippen LogP contribution in [0.5, 0.6) is 5.75 Å². The summed E-state index contributed by atoms with van der Waals surface area (Å²) in [5.41, 5.74) is 1.67. The van der Waals surface area contributed by atoms with E-state index in [9.17, 15) is 9.59 Å². The fourth-order valence-electron chi connectivity index (χ4n) is 2.41. The number of amides is 1. The second-order valence-corrected chi connectivity index (χ2v) is 5.74. The number of carbonyl (C=O) groups excluding carboxylic acids is 1. The first-order chi connectivity index (χ1) is 12.7. The number of rotatable bonds is 7. The number of hydrogen-bond acceptors (Lipinski definition) is 4. The Morgan fingerprint density at radius 3 is 2.27 bits per heavy atom. The third-order valence-electron chi connectivity index (χ3n) is 3.80. The van der Waals surface area contributed by atoms with E-state index < -0.39 is 5.91 Å². The molecule has 3 rings (SSSR count). The lowest BCUT2D eigenvalue weighted by Gasteiger charge is -2.07.